The number of hydroxylamine groups is 1. The number of carbonyl (C=O) groups is 2. The van der Waals surface area contributed by atoms with Crippen molar-refractivity contribution in [2.45, 2.75) is 13.5 Å². The molecular weight excluding hydrogens is 374 g/mol. The maximum atomic E-state index is 12.3. The van der Waals surface area contributed by atoms with E-state index in [-0.39, 0.29) is 11.4 Å². The zero-order valence-corrected chi connectivity index (χ0v) is 16.3. The maximum Gasteiger partial charge on any atom is 0.329 e. The van der Waals surface area contributed by atoms with E-state index in [9.17, 15) is 14.7 Å². The first kappa shape index (κ1) is 20.1. The SMILES string of the molecule is CC(=O)ONC(=O)c1nc(CN(C)C)c2cc(Oc3ccccc3)ccc2c1O. The molecule has 0 aliphatic rings. The van der Waals surface area contributed by atoms with Gasteiger partial charge in [-0.2, -0.15) is 5.48 Å². The number of hydrogen-bond donors (Lipinski definition) is 2. The highest BCUT2D eigenvalue weighted by atomic mass is 16.7. The number of benzene rings is 2. The van der Waals surface area contributed by atoms with Gasteiger partial charge in [-0.25, -0.2) is 4.98 Å². The Morgan fingerprint density at radius 3 is 2.45 bits per heavy atom. The van der Waals surface area contributed by atoms with Gasteiger partial charge >= 0.3 is 11.9 Å². The van der Waals surface area contributed by atoms with Crippen molar-refractivity contribution >= 4 is 22.6 Å². The van der Waals surface area contributed by atoms with E-state index in [2.05, 4.69) is 9.82 Å². The summed E-state index contributed by atoms with van der Waals surface area (Å²) in [6.07, 6.45) is 0. The average Bonchev–Trinajstić information content (AvgIpc) is 2.68. The number of hydrogen-bond acceptors (Lipinski definition) is 7. The summed E-state index contributed by atoms with van der Waals surface area (Å²) in [5, 5.41) is 11.7. The molecule has 8 nitrogen and oxygen atoms in total. The molecule has 1 aromatic heterocycles. The second-order valence-corrected chi connectivity index (χ2v) is 6.64. The van der Waals surface area contributed by atoms with Gasteiger partial charge in [-0.1, -0.05) is 18.2 Å². The minimum absolute atomic E-state index is 0.229. The highest BCUT2D eigenvalue weighted by molar-refractivity contribution is 6.02. The second-order valence-electron chi connectivity index (χ2n) is 6.64. The van der Waals surface area contributed by atoms with Gasteiger partial charge < -0.3 is 19.6 Å². The third-order valence-corrected chi connectivity index (χ3v) is 3.98. The fraction of sp³-hybridized carbons (Fsp3) is 0.190. The molecule has 3 rings (SSSR count). The molecule has 0 saturated heterocycles. The highest BCUT2D eigenvalue weighted by Gasteiger charge is 2.21. The molecule has 0 aliphatic carbocycles. The van der Waals surface area contributed by atoms with Crippen LogP contribution in [0, 0.1) is 0 Å². The average molecular weight is 395 g/mol. The molecule has 0 bridgehead atoms. The van der Waals surface area contributed by atoms with Gasteiger partial charge in [0.15, 0.2) is 11.4 Å². The smallest absolute Gasteiger partial charge is 0.329 e. The monoisotopic (exact) mass is 395 g/mol. The number of rotatable bonds is 5. The normalized spacial score (nSPS) is 10.8. The first-order valence-corrected chi connectivity index (χ1v) is 8.86. The molecule has 8 heteroatoms. The van der Waals surface area contributed by atoms with Crippen LogP contribution < -0.4 is 10.2 Å². The van der Waals surface area contributed by atoms with E-state index in [4.69, 9.17) is 4.74 Å². The van der Waals surface area contributed by atoms with Gasteiger partial charge in [0.1, 0.15) is 11.5 Å². The molecule has 0 radical (unpaired) electrons. The van der Waals surface area contributed by atoms with Crippen molar-refractivity contribution < 1.29 is 24.3 Å². The summed E-state index contributed by atoms with van der Waals surface area (Å²) in [6.45, 7) is 1.57. The Bertz CT molecular complexity index is 1050. The van der Waals surface area contributed by atoms with E-state index in [0.29, 0.717) is 34.5 Å². The molecule has 0 saturated carbocycles. The Kier molecular flexibility index (Phi) is 5.94. The van der Waals surface area contributed by atoms with Crippen molar-refractivity contribution in [2.75, 3.05) is 14.1 Å². The Morgan fingerprint density at radius 2 is 1.79 bits per heavy atom. The Labute approximate surface area is 167 Å². The fourth-order valence-electron chi connectivity index (χ4n) is 2.78. The standard InChI is InChI=1S/C21H21N3O5/c1-13(25)29-23-21(27)19-20(26)16-10-9-15(28-14-7-5-4-6-8-14)11-17(16)18(22-19)12-24(2)3/h4-11,26H,12H2,1-3H3,(H,23,27). The summed E-state index contributed by atoms with van der Waals surface area (Å²) in [5.74, 6) is -0.560. The zero-order valence-electron chi connectivity index (χ0n) is 16.3. The number of pyridine rings is 1. The first-order chi connectivity index (χ1) is 13.8. The molecule has 1 amide bonds. The van der Waals surface area contributed by atoms with Gasteiger partial charge in [0, 0.05) is 24.2 Å². The van der Waals surface area contributed by atoms with Crippen molar-refractivity contribution in [1.82, 2.24) is 15.4 Å². The molecule has 3 aromatic rings. The Balaban J connectivity index is 2.05. The molecular formula is C21H21N3O5. The lowest BCUT2D eigenvalue weighted by atomic mass is 10.1. The number of amides is 1. The minimum atomic E-state index is -0.816. The van der Waals surface area contributed by atoms with E-state index in [1.165, 1.54) is 0 Å². The van der Waals surface area contributed by atoms with Gasteiger partial charge in [0.05, 0.1) is 5.69 Å². The number of fused-ring (bicyclic) bond motifs is 1. The van der Waals surface area contributed by atoms with E-state index < -0.39 is 11.9 Å². The van der Waals surface area contributed by atoms with Crippen molar-refractivity contribution in [3.63, 3.8) is 0 Å². The van der Waals surface area contributed by atoms with Crippen LogP contribution in [0.5, 0.6) is 17.2 Å². The zero-order chi connectivity index (χ0) is 21.0. The molecule has 29 heavy (non-hydrogen) atoms. The Morgan fingerprint density at radius 1 is 1.07 bits per heavy atom. The number of nitrogens with one attached hydrogen (secondary N) is 1. The lowest BCUT2D eigenvalue weighted by Crippen LogP contribution is -2.27. The molecule has 0 unspecified atom stereocenters. The number of carbonyl (C=O) groups excluding carboxylic acids is 2. The molecule has 2 N–H and O–H groups in total. The molecule has 150 valence electrons. The van der Waals surface area contributed by atoms with Crippen LogP contribution in [0.1, 0.15) is 23.1 Å². The van der Waals surface area contributed by atoms with Gasteiger partial charge in [-0.3, -0.25) is 9.59 Å². The van der Waals surface area contributed by atoms with Crippen LogP contribution in [0.4, 0.5) is 0 Å². The Hall–Kier alpha value is -3.65. The quantitative estimate of drug-likeness (QED) is 0.641. The minimum Gasteiger partial charge on any atom is -0.505 e. The van der Waals surface area contributed by atoms with Crippen molar-refractivity contribution in [1.29, 1.82) is 0 Å². The van der Waals surface area contributed by atoms with E-state index in [1.54, 1.807) is 18.2 Å². The van der Waals surface area contributed by atoms with Crippen molar-refractivity contribution in [3.05, 3.63) is 59.9 Å². The third-order valence-electron chi connectivity index (χ3n) is 3.98. The van der Waals surface area contributed by atoms with Gasteiger partial charge in [0.2, 0.25) is 0 Å². The van der Waals surface area contributed by atoms with Gasteiger partial charge in [-0.15, -0.1) is 0 Å². The number of aromatic nitrogens is 1. The fourth-order valence-corrected chi connectivity index (χ4v) is 2.78. The number of aromatic hydroxyl groups is 1. The van der Waals surface area contributed by atoms with Crippen LogP contribution in [0.25, 0.3) is 10.8 Å². The lowest BCUT2D eigenvalue weighted by molar-refractivity contribution is -0.146. The molecule has 1 heterocycles. The predicted molar refractivity (Wildman–Crippen MR) is 107 cm³/mol. The number of ether oxygens (including phenoxy) is 1. The predicted octanol–water partition coefficient (Wildman–Crippen LogP) is 3.00. The number of nitrogens with zero attached hydrogens (tertiary/aromatic N) is 2. The van der Waals surface area contributed by atoms with E-state index in [1.807, 2.05) is 54.8 Å². The largest absolute Gasteiger partial charge is 0.505 e. The van der Waals surface area contributed by atoms with Crippen LogP contribution in [0.3, 0.4) is 0 Å². The summed E-state index contributed by atoms with van der Waals surface area (Å²) >= 11 is 0. The van der Waals surface area contributed by atoms with E-state index >= 15 is 0 Å². The maximum absolute atomic E-state index is 12.3. The molecule has 0 spiro atoms. The molecule has 0 atom stereocenters. The van der Waals surface area contributed by atoms with Crippen LogP contribution in [-0.2, 0) is 16.2 Å². The summed E-state index contributed by atoms with van der Waals surface area (Å²) in [7, 11) is 3.73. The molecule has 0 aliphatic heterocycles. The van der Waals surface area contributed by atoms with Crippen LogP contribution in [-0.4, -0.2) is 41.0 Å². The van der Waals surface area contributed by atoms with Crippen LogP contribution >= 0.6 is 0 Å². The highest BCUT2D eigenvalue weighted by Crippen LogP contribution is 2.34. The van der Waals surface area contributed by atoms with Crippen LogP contribution in [0.15, 0.2) is 48.5 Å². The third kappa shape index (κ3) is 4.80. The van der Waals surface area contributed by atoms with Crippen molar-refractivity contribution in [2.24, 2.45) is 0 Å². The lowest BCUT2D eigenvalue weighted by Gasteiger charge is -2.16. The van der Waals surface area contributed by atoms with E-state index in [0.717, 1.165) is 6.92 Å². The topological polar surface area (TPSA) is 101 Å². The number of para-hydroxylation sites is 1. The first-order valence-electron chi connectivity index (χ1n) is 8.86. The summed E-state index contributed by atoms with van der Waals surface area (Å²) in [4.78, 5) is 34.0. The molecule has 0 fully saturated rings. The van der Waals surface area contributed by atoms with Crippen LogP contribution in [0.2, 0.25) is 0 Å². The second kappa shape index (κ2) is 8.57. The summed E-state index contributed by atoms with van der Waals surface area (Å²) in [5.41, 5.74) is 2.31. The summed E-state index contributed by atoms with van der Waals surface area (Å²) in [6, 6.07) is 14.4. The van der Waals surface area contributed by atoms with Gasteiger partial charge in [0.25, 0.3) is 0 Å². The molecule has 2 aromatic carbocycles. The van der Waals surface area contributed by atoms with Gasteiger partial charge in [-0.05, 0) is 44.4 Å². The summed E-state index contributed by atoms with van der Waals surface area (Å²) < 4.78 is 5.87. The van der Waals surface area contributed by atoms with Crippen molar-refractivity contribution in [3.8, 4) is 17.2 Å².